The van der Waals surface area contributed by atoms with Crippen molar-refractivity contribution in [3.63, 3.8) is 0 Å². The molecule has 1 saturated carbocycles. The Bertz CT molecular complexity index is 346. The van der Waals surface area contributed by atoms with Gasteiger partial charge in [0.1, 0.15) is 0 Å². The number of benzene rings is 1. The average molecular weight is 245 g/mol. The summed E-state index contributed by atoms with van der Waals surface area (Å²) in [6.07, 6.45) is 5.26. The number of hydrogen-bond donors (Lipinski definition) is 1. The van der Waals surface area contributed by atoms with Crippen molar-refractivity contribution in [2.45, 2.75) is 58.5 Å². The fourth-order valence-electron chi connectivity index (χ4n) is 3.31. The minimum atomic E-state index is 0.577. The van der Waals surface area contributed by atoms with Gasteiger partial charge in [0, 0.05) is 12.1 Å². The lowest BCUT2D eigenvalue weighted by Gasteiger charge is -2.35. The summed E-state index contributed by atoms with van der Waals surface area (Å²) >= 11 is 0. The minimum Gasteiger partial charge on any atom is -0.311 e. The molecule has 0 saturated heterocycles. The molecule has 1 N–H and O–H groups in total. The molecule has 2 rings (SSSR count). The molecule has 1 heteroatoms. The molecule has 0 aromatic heterocycles. The number of rotatable bonds is 4. The highest BCUT2D eigenvalue weighted by Crippen LogP contribution is 2.28. The molecule has 1 nitrogen and oxygen atoms in total. The largest absolute Gasteiger partial charge is 0.311 e. The lowest BCUT2D eigenvalue weighted by atomic mass is 9.79. The lowest BCUT2D eigenvalue weighted by Crippen LogP contribution is -2.44. The highest BCUT2D eigenvalue weighted by Gasteiger charge is 2.25. The normalized spacial score (nSPS) is 30.1. The topological polar surface area (TPSA) is 12.0 Å². The first-order chi connectivity index (χ1) is 8.65. The van der Waals surface area contributed by atoms with Crippen molar-refractivity contribution in [1.82, 2.24) is 5.32 Å². The van der Waals surface area contributed by atoms with Crippen molar-refractivity contribution in [2.75, 3.05) is 0 Å². The van der Waals surface area contributed by atoms with Crippen LogP contribution in [0.3, 0.4) is 0 Å². The Kier molecular flexibility index (Phi) is 4.82. The van der Waals surface area contributed by atoms with Gasteiger partial charge in [-0.25, -0.2) is 0 Å². The van der Waals surface area contributed by atoms with E-state index in [1.807, 2.05) is 0 Å². The van der Waals surface area contributed by atoms with Crippen LogP contribution in [-0.4, -0.2) is 12.1 Å². The highest BCUT2D eigenvalue weighted by atomic mass is 15.0. The van der Waals surface area contributed by atoms with Gasteiger partial charge in [0.15, 0.2) is 0 Å². The van der Waals surface area contributed by atoms with Crippen LogP contribution in [0, 0.1) is 11.8 Å². The Morgan fingerprint density at radius 3 is 2.56 bits per heavy atom. The van der Waals surface area contributed by atoms with Gasteiger partial charge >= 0.3 is 0 Å². The van der Waals surface area contributed by atoms with Crippen LogP contribution in [0.5, 0.6) is 0 Å². The van der Waals surface area contributed by atoms with Crippen LogP contribution in [0.2, 0.25) is 0 Å². The Hall–Kier alpha value is -0.820. The van der Waals surface area contributed by atoms with Crippen molar-refractivity contribution in [2.24, 2.45) is 11.8 Å². The highest BCUT2D eigenvalue weighted by molar-refractivity contribution is 5.15. The van der Waals surface area contributed by atoms with Gasteiger partial charge in [-0.15, -0.1) is 0 Å². The summed E-state index contributed by atoms with van der Waals surface area (Å²) in [5, 5.41) is 3.84. The summed E-state index contributed by atoms with van der Waals surface area (Å²) in [7, 11) is 0. The average Bonchev–Trinajstić information content (AvgIpc) is 2.34. The van der Waals surface area contributed by atoms with Gasteiger partial charge in [-0.05, 0) is 50.0 Å². The third kappa shape index (κ3) is 3.84. The molecule has 1 aliphatic rings. The zero-order valence-corrected chi connectivity index (χ0v) is 12.0. The van der Waals surface area contributed by atoms with Crippen molar-refractivity contribution in [1.29, 1.82) is 0 Å². The molecule has 1 fully saturated rings. The maximum absolute atomic E-state index is 3.84. The van der Waals surface area contributed by atoms with Gasteiger partial charge in [0.2, 0.25) is 0 Å². The molecule has 1 aromatic carbocycles. The molecule has 1 aromatic rings. The fraction of sp³-hybridized carbons (Fsp3) is 0.647. The molecular formula is C17H27N. The standard InChI is InChI=1S/C17H27N/c1-13-9-10-17(14(2)11-13)18-15(3)12-16-7-5-4-6-8-16/h4-8,13-15,17-18H,9-12H2,1-3H3. The number of nitrogens with one attached hydrogen (secondary N) is 1. The van der Waals surface area contributed by atoms with E-state index in [0.29, 0.717) is 6.04 Å². The third-order valence-corrected chi connectivity index (χ3v) is 4.31. The van der Waals surface area contributed by atoms with Gasteiger partial charge in [0.25, 0.3) is 0 Å². The maximum Gasteiger partial charge on any atom is 0.00954 e. The molecule has 0 aliphatic heterocycles. The predicted octanol–water partition coefficient (Wildman–Crippen LogP) is 4.03. The van der Waals surface area contributed by atoms with E-state index in [4.69, 9.17) is 0 Å². The zero-order valence-electron chi connectivity index (χ0n) is 12.0. The summed E-state index contributed by atoms with van der Waals surface area (Å²) in [6, 6.07) is 12.1. The molecular weight excluding hydrogens is 218 g/mol. The van der Waals surface area contributed by atoms with Crippen molar-refractivity contribution >= 4 is 0 Å². The quantitative estimate of drug-likeness (QED) is 0.844. The van der Waals surface area contributed by atoms with Crippen LogP contribution in [0.1, 0.15) is 45.6 Å². The van der Waals surface area contributed by atoms with Gasteiger partial charge < -0.3 is 5.32 Å². The first kappa shape index (κ1) is 13.6. The second-order valence-corrected chi connectivity index (χ2v) is 6.26. The van der Waals surface area contributed by atoms with Gasteiger partial charge in [-0.1, -0.05) is 44.2 Å². The molecule has 100 valence electrons. The van der Waals surface area contributed by atoms with E-state index in [0.717, 1.165) is 24.3 Å². The van der Waals surface area contributed by atoms with Crippen molar-refractivity contribution in [3.05, 3.63) is 35.9 Å². The SMILES string of the molecule is CC1CCC(NC(C)Cc2ccccc2)C(C)C1. The molecule has 0 bridgehead atoms. The Morgan fingerprint density at radius 1 is 1.17 bits per heavy atom. The molecule has 0 heterocycles. The Labute approximate surface area is 112 Å². The second-order valence-electron chi connectivity index (χ2n) is 6.26. The maximum atomic E-state index is 3.84. The van der Waals surface area contributed by atoms with Crippen LogP contribution >= 0.6 is 0 Å². The van der Waals surface area contributed by atoms with Crippen LogP contribution in [-0.2, 0) is 6.42 Å². The minimum absolute atomic E-state index is 0.577. The zero-order chi connectivity index (χ0) is 13.0. The monoisotopic (exact) mass is 245 g/mol. The van der Waals surface area contributed by atoms with Gasteiger partial charge in [-0.2, -0.15) is 0 Å². The van der Waals surface area contributed by atoms with Crippen LogP contribution < -0.4 is 5.32 Å². The van der Waals surface area contributed by atoms with E-state index in [2.05, 4.69) is 56.4 Å². The summed E-state index contributed by atoms with van der Waals surface area (Å²) in [4.78, 5) is 0. The smallest absolute Gasteiger partial charge is 0.00954 e. The summed E-state index contributed by atoms with van der Waals surface area (Å²) in [6.45, 7) is 7.11. The molecule has 4 unspecified atom stereocenters. The van der Waals surface area contributed by atoms with Crippen molar-refractivity contribution < 1.29 is 0 Å². The molecule has 0 amide bonds. The fourth-order valence-corrected chi connectivity index (χ4v) is 3.31. The first-order valence-electron chi connectivity index (χ1n) is 7.45. The summed E-state index contributed by atoms with van der Waals surface area (Å²) in [5.41, 5.74) is 1.44. The van der Waals surface area contributed by atoms with E-state index in [-0.39, 0.29) is 0 Å². The Balaban J connectivity index is 1.82. The first-order valence-corrected chi connectivity index (χ1v) is 7.45. The van der Waals surface area contributed by atoms with Crippen LogP contribution in [0.25, 0.3) is 0 Å². The van der Waals surface area contributed by atoms with E-state index >= 15 is 0 Å². The molecule has 0 spiro atoms. The van der Waals surface area contributed by atoms with Crippen molar-refractivity contribution in [3.8, 4) is 0 Å². The number of hydrogen-bond acceptors (Lipinski definition) is 1. The Morgan fingerprint density at radius 2 is 1.89 bits per heavy atom. The van der Waals surface area contributed by atoms with E-state index in [1.165, 1.54) is 24.8 Å². The third-order valence-electron chi connectivity index (χ3n) is 4.31. The van der Waals surface area contributed by atoms with Gasteiger partial charge in [-0.3, -0.25) is 0 Å². The molecule has 0 radical (unpaired) electrons. The van der Waals surface area contributed by atoms with E-state index in [9.17, 15) is 0 Å². The second kappa shape index (κ2) is 6.38. The molecule has 18 heavy (non-hydrogen) atoms. The lowest BCUT2D eigenvalue weighted by molar-refractivity contribution is 0.215. The van der Waals surface area contributed by atoms with E-state index in [1.54, 1.807) is 0 Å². The molecule has 1 aliphatic carbocycles. The summed E-state index contributed by atoms with van der Waals surface area (Å²) in [5.74, 6) is 1.74. The van der Waals surface area contributed by atoms with Gasteiger partial charge in [0.05, 0.1) is 0 Å². The van der Waals surface area contributed by atoms with Crippen LogP contribution in [0.4, 0.5) is 0 Å². The summed E-state index contributed by atoms with van der Waals surface area (Å²) < 4.78 is 0. The molecule has 4 atom stereocenters. The van der Waals surface area contributed by atoms with Crippen LogP contribution in [0.15, 0.2) is 30.3 Å². The predicted molar refractivity (Wildman–Crippen MR) is 78.7 cm³/mol. The van der Waals surface area contributed by atoms with E-state index < -0.39 is 0 Å².